The number of rotatable bonds is 4. The standard InChI is InChI=1S/C16H17N3O/c1-2-8-19-11-13(10-18-19)16(20)15-5-3-4-12-9-17-7-6-14(12)15/h3-7,9-11,16,20H,2,8H2,1H3. The Kier molecular flexibility index (Phi) is 3.48. The SMILES string of the molecule is CCCn1cc(C(O)c2cccc3cnccc23)cn1. The van der Waals surface area contributed by atoms with Gasteiger partial charge in [-0.1, -0.05) is 25.1 Å². The first-order valence-corrected chi connectivity index (χ1v) is 6.82. The van der Waals surface area contributed by atoms with E-state index >= 15 is 0 Å². The maximum Gasteiger partial charge on any atom is 0.108 e. The van der Waals surface area contributed by atoms with Crippen molar-refractivity contribution in [3.8, 4) is 0 Å². The van der Waals surface area contributed by atoms with Crippen LogP contribution in [0.1, 0.15) is 30.6 Å². The van der Waals surface area contributed by atoms with Crippen LogP contribution < -0.4 is 0 Å². The van der Waals surface area contributed by atoms with Crippen LogP contribution in [0.2, 0.25) is 0 Å². The molecule has 1 aromatic carbocycles. The Morgan fingerprint density at radius 1 is 1.25 bits per heavy atom. The van der Waals surface area contributed by atoms with E-state index in [-0.39, 0.29) is 0 Å². The largest absolute Gasteiger partial charge is 0.384 e. The summed E-state index contributed by atoms with van der Waals surface area (Å²) in [5.41, 5.74) is 1.71. The van der Waals surface area contributed by atoms with E-state index in [1.165, 1.54) is 0 Å². The van der Waals surface area contributed by atoms with E-state index in [1.807, 2.05) is 41.3 Å². The minimum atomic E-state index is -0.660. The highest BCUT2D eigenvalue weighted by molar-refractivity contribution is 5.85. The van der Waals surface area contributed by atoms with Crippen LogP contribution in [0, 0.1) is 0 Å². The zero-order valence-corrected chi connectivity index (χ0v) is 11.4. The molecule has 0 aliphatic rings. The number of aryl methyl sites for hydroxylation is 1. The summed E-state index contributed by atoms with van der Waals surface area (Å²) in [6.07, 6.45) is 7.57. The van der Waals surface area contributed by atoms with Gasteiger partial charge in [-0.2, -0.15) is 5.10 Å². The lowest BCUT2D eigenvalue weighted by atomic mass is 9.99. The third-order valence-electron chi connectivity index (χ3n) is 3.43. The van der Waals surface area contributed by atoms with E-state index in [9.17, 15) is 5.11 Å². The number of nitrogens with zero attached hydrogens (tertiary/aromatic N) is 3. The highest BCUT2D eigenvalue weighted by atomic mass is 16.3. The molecule has 0 saturated carbocycles. The van der Waals surface area contributed by atoms with Crippen molar-refractivity contribution in [3.05, 3.63) is 60.2 Å². The van der Waals surface area contributed by atoms with Crippen molar-refractivity contribution in [2.75, 3.05) is 0 Å². The molecule has 2 heterocycles. The summed E-state index contributed by atoms with van der Waals surface area (Å²) in [5, 5.41) is 16.9. The van der Waals surface area contributed by atoms with E-state index in [4.69, 9.17) is 0 Å². The molecule has 0 bridgehead atoms. The second-order valence-electron chi connectivity index (χ2n) is 4.88. The Labute approximate surface area is 117 Å². The van der Waals surface area contributed by atoms with Gasteiger partial charge >= 0.3 is 0 Å². The number of pyridine rings is 1. The van der Waals surface area contributed by atoms with Crippen LogP contribution in [-0.2, 0) is 6.54 Å². The van der Waals surface area contributed by atoms with Gasteiger partial charge in [-0.25, -0.2) is 0 Å². The first kappa shape index (κ1) is 12.8. The molecule has 3 rings (SSSR count). The predicted molar refractivity (Wildman–Crippen MR) is 78.3 cm³/mol. The van der Waals surface area contributed by atoms with E-state index in [2.05, 4.69) is 17.0 Å². The molecule has 20 heavy (non-hydrogen) atoms. The van der Waals surface area contributed by atoms with Gasteiger partial charge in [0.05, 0.1) is 6.20 Å². The molecule has 0 aliphatic heterocycles. The Morgan fingerprint density at radius 2 is 2.15 bits per heavy atom. The molecule has 4 nitrogen and oxygen atoms in total. The summed E-state index contributed by atoms with van der Waals surface area (Å²) in [6.45, 7) is 2.97. The lowest BCUT2D eigenvalue weighted by molar-refractivity contribution is 0.221. The van der Waals surface area contributed by atoms with E-state index in [0.29, 0.717) is 0 Å². The second kappa shape index (κ2) is 5.43. The Balaban J connectivity index is 2.01. The van der Waals surface area contributed by atoms with Crippen LogP contribution >= 0.6 is 0 Å². The van der Waals surface area contributed by atoms with Crippen molar-refractivity contribution >= 4 is 10.8 Å². The monoisotopic (exact) mass is 267 g/mol. The van der Waals surface area contributed by atoms with E-state index in [0.717, 1.165) is 34.9 Å². The van der Waals surface area contributed by atoms with Gasteiger partial charge in [0.2, 0.25) is 0 Å². The number of fused-ring (bicyclic) bond motifs is 1. The van der Waals surface area contributed by atoms with Crippen LogP contribution in [0.5, 0.6) is 0 Å². The van der Waals surface area contributed by atoms with Crippen LogP contribution in [0.4, 0.5) is 0 Å². The number of aliphatic hydroxyl groups is 1. The van der Waals surface area contributed by atoms with Crippen LogP contribution in [0.15, 0.2) is 49.1 Å². The third kappa shape index (κ3) is 2.30. The van der Waals surface area contributed by atoms with Gasteiger partial charge in [0, 0.05) is 36.1 Å². The summed E-state index contributed by atoms with van der Waals surface area (Å²) in [7, 11) is 0. The molecule has 0 radical (unpaired) electrons. The molecule has 3 aromatic rings. The minimum absolute atomic E-state index is 0.660. The van der Waals surface area contributed by atoms with Gasteiger partial charge in [0.15, 0.2) is 0 Å². The van der Waals surface area contributed by atoms with E-state index < -0.39 is 6.10 Å². The molecular weight excluding hydrogens is 250 g/mol. The van der Waals surface area contributed by atoms with Crippen LogP contribution in [-0.4, -0.2) is 19.9 Å². The summed E-state index contributed by atoms with van der Waals surface area (Å²) in [6, 6.07) is 7.83. The minimum Gasteiger partial charge on any atom is -0.384 e. The molecule has 0 saturated heterocycles. The maximum atomic E-state index is 10.6. The Bertz CT molecular complexity index is 715. The zero-order valence-electron chi connectivity index (χ0n) is 11.4. The average Bonchev–Trinajstić information content (AvgIpc) is 2.95. The molecule has 0 spiro atoms. The number of hydrogen-bond donors (Lipinski definition) is 1. The van der Waals surface area contributed by atoms with Crippen LogP contribution in [0.3, 0.4) is 0 Å². The first-order chi connectivity index (χ1) is 9.79. The molecule has 1 unspecified atom stereocenters. The van der Waals surface area contributed by atoms with Crippen molar-refractivity contribution in [2.24, 2.45) is 0 Å². The quantitative estimate of drug-likeness (QED) is 0.790. The van der Waals surface area contributed by atoms with E-state index in [1.54, 1.807) is 12.4 Å². The van der Waals surface area contributed by atoms with Gasteiger partial charge in [0.1, 0.15) is 6.10 Å². The fourth-order valence-electron chi connectivity index (χ4n) is 2.44. The summed E-state index contributed by atoms with van der Waals surface area (Å²) in [5.74, 6) is 0. The molecule has 0 fully saturated rings. The highest BCUT2D eigenvalue weighted by Crippen LogP contribution is 2.28. The Morgan fingerprint density at radius 3 is 3.00 bits per heavy atom. The predicted octanol–water partition coefficient (Wildman–Crippen LogP) is 2.92. The third-order valence-corrected chi connectivity index (χ3v) is 3.43. The number of aliphatic hydroxyl groups excluding tert-OH is 1. The normalized spacial score (nSPS) is 12.7. The van der Waals surface area contributed by atoms with Crippen molar-refractivity contribution < 1.29 is 5.11 Å². The first-order valence-electron chi connectivity index (χ1n) is 6.82. The van der Waals surface area contributed by atoms with Gasteiger partial charge in [-0.05, 0) is 23.4 Å². The topological polar surface area (TPSA) is 50.9 Å². The lowest BCUT2D eigenvalue weighted by Gasteiger charge is -2.11. The average molecular weight is 267 g/mol. The maximum absolute atomic E-state index is 10.6. The van der Waals surface area contributed by atoms with Crippen molar-refractivity contribution in [3.63, 3.8) is 0 Å². The summed E-state index contributed by atoms with van der Waals surface area (Å²) >= 11 is 0. The van der Waals surface area contributed by atoms with Gasteiger partial charge < -0.3 is 5.11 Å². The van der Waals surface area contributed by atoms with Gasteiger partial charge in [-0.15, -0.1) is 0 Å². The fourth-order valence-corrected chi connectivity index (χ4v) is 2.44. The lowest BCUT2D eigenvalue weighted by Crippen LogP contribution is -2.00. The highest BCUT2D eigenvalue weighted by Gasteiger charge is 2.15. The molecular formula is C16H17N3O. The second-order valence-corrected chi connectivity index (χ2v) is 4.88. The molecule has 1 N–H and O–H groups in total. The summed E-state index contributed by atoms with van der Waals surface area (Å²) in [4.78, 5) is 4.12. The van der Waals surface area contributed by atoms with Crippen molar-refractivity contribution in [1.29, 1.82) is 0 Å². The molecule has 102 valence electrons. The molecule has 0 aliphatic carbocycles. The zero-order chi connectivity index (χ0) is 13.9. The van der Waals surface area contributed by atoms with Gasteiger partial charge in [0.25, 0.3) is 0 Å². The number of aromatic nitrogens is 3. The van der Waals surface area contributed by atoms with Crippen molar-refractivity contribution in [2.45, 2.75) is 26.0 Å². The Hall–Kier alpha value is -2.20. The molecule has 0 amide bonds. The number of hydrogen-bond acceptors (Lipinski definition) is 3. The summed E-state index contributed by atoms with van der Waals surface area (Å²) < 4.78 is 1.87. The van der Waals surface area contributed by atoms with Crippen LogP contribution in [0.25, 0.3) is 10.8 Å². The fraction of sp³-hybridized carbons (Fsp3) is 0.250. The van der Waals surface area contributed by atoms with Crippen molar-refractivity contribution in [1.82, 2.24) is 14.8 Å². The molecule has 2 aromatic heterocycles. The smallest absolute Gasteiger partial charge is 0.108 e. The van der Waals surface area contributed by atoms with Gasteiger partial charge in [-0.3, -0.25) is 9.67 Å². The molecule has 1 atom stereocenters. The number of benzene rings is 1. The molecule has 4 heteroatoms.